The summed E-state index contributed by atoms with van der Waals surface area (Å²) < 4.78 is 30.1. The van der Waals surface area contributed by atoms with E-state index in [9.17, 15) is 8.42 Å². The van der Waals surface area contributed by atoms with Crippen molar-refractivity contribution in [2.45, 2.75) is 11.6 Å². The molecule has 0 fully saturated rings. The average Bonchev–Trinajstić information content (AvgIpc) is 2.87. The molecule has 0 aliphatic rings. The largest absolute Gasteiger partial charge is 0.446 e. The average molecular weight is 316 g/mol. The standard InChI is InChI=1S/C12H14ClN3O3S/c1-16(2)20(17,18)12-4-3-9(19-12)7-15-11-8-14-6-5-10(11)13/h3-6,8,15H,7H2,1-2H3. The minimum Gasteiger partial charge on any atom is -0.446 e. The maximum absolute atomic E-state index is 11.9. The van der Waals surface area contributed by atoms with Crippen LogP contribution in [0.25, 0.3) is 0 Å². The number of rotatable bonds is 5. The molecule has 6 nitrogen and oxygen atoms in total. The summed E-state index contributed by atoms with van der Waals surface area (Å²) in [5.74, 6) is 0.491. The second-order valence-corrected chi connectivity index (χ2v) is 6.71. The molecule has 0 aliphatic carbocycles. The number of furan rings is 1. The van der Waals surface area contributed by atoms with Crippen LogP contribution in [-0.4, -0.2) is 31.8 Å². The molecule has 0 aliphatic heterocycles. The van der Waals surface area contributed by atoms with E-state index in [1.807, 2.05) is 0 Å². The zero-order valence-electron chi connectivity index (χ0n) is 11.0. The number of nitrogens with zero attached hydrogens (tertiary/aromatic N) is 2. The van der Waals surface area contributed by atoms with E-state index in [0.29, 0.717) is 23.0 Å². The summed E-state index contributed by atoms with van der Waals surface area (Å²) in [6.07, 6.45) is 3.17. The van der Waals surface area contributed by atoms with Crippen LogP contribution in [0.15, 0.2) is 40.1 Å². The molecule has 2 heterocycles. The van der Waals surface area contributed by atoms with E-state index in [1.165, 1.54) is 20.2 Å². The van der Waals surface area contributed by atoms with Gasteiger partial charge in [-0.1, -0.05) is 11.6 Å². The summed E-state index contributed by atoms with van der Waals surface area (Å²) in [5, 5.41) is 3.48. The second-order valence-electron chi connectivity index (χ2n) is 4.22. The lowest BCUT2D eigenvalue weighted by Crippen LogP contribution is -2.21. The smallest absolute Gasteiger partial charge is 0.275 e. The maximum atomic E-state index is 11.9. The molecule has 0 radical (unpaired) electrons. The van der Waals surface area contributed by atoms with Crippen LogP contribution in [0.1, 0.15) is 5.76 Å². The van der Waals surface area contributed by atoms with Gasteiger partial charge in [0.15, 0.2) is 0 Å². The molecule has 0 aromatic carbocycles. The van der Waals surface area contributed by atoms with Gasteiger partial charge in [0.05, 0.1) is 23.5 Å². The maximum Gasteiger partial charge on any atom is 0.275 e. The van der Waals surface area contributed by atoms with E-state index in [4.69, 9.17) is 16.0 Å². The molecular weight excluding hydrogens is 302 g/mol. The lowest BCUT2D eigenvalue weighted by molar-refractivity contribution is 0.402. The fourth-order valence-electron chi connectivity index (χ4n) is 1.46. The topological polar surface area (TPSA) is 75.4 Å². The Bertz CT molecular complexity index is 697. The van der Waals surface area contributed by atoms with Gasteiger partial charge in [-0.05, 0) is 18.2 Å². The monoisotopic (exact) mass is 315 g/mol. The molecule has 0 saturated heterocycles. The van der Waals surface area contributed by atoms with Crippen molar-refractivity contribution in [2.75, 3.05) is 19.4 Å². The van der Waals surface area contributed by atoms with Crippen molar-refractivity contribution in [1.82, 2.24) is 9.29 Å². The Morgan fingerprint density at radius 1 is 1.35 bits per heavy atom. The number of pyridine rings is 1. The van der Waals surface area contributed by atoms with E-state index in [0.717, 1.165) is 4.31 Å². The Labute approximate surface area is 122 Å². The number of hydrogen-bond acceptors (Lipinski definition) is 5. The van der Waals surface area contributed by atoms with Crippen LogP contribution < -0.4 is 5.32 Å². The molecule has 108 valence electrons. The van der Waals surface area contributed by atoms with Gasteiger partial charge in [-0.3, -0.25) is 4.98 Å². The van der Waals surface area contributed by atoms with Crippen molar-refractivity contribution >= 4 is 27.3 Å². The van der Waals surface area contributed by atoms with Gasteiger partial charge in [-0.25, -0.2) is 12.7 Å². The fraction of sp³-hybridized carbons (Fsp3) is 0.250. The van der Waals surface area contributed by atoms with Gasteiger partial charge in [0.1, 0.15) is 5.76 Å². The summed E-state index contributed by atoms with van der Waals surface area (Å²) in [5.41, 5.74) is 0.655. The Kier molecular flexibility index (Phi) is 4.32. The number of aromatic nitrogens is 1. The Morgan fingerprint density at radius 2 is 2.10 bits per heavy atom. The van der Waals surface area contributed by atoms with Crippen molar-refractivity contribution in [1.29, 1.82) is 0 Å². The first kappa shape index (κ1) is 14.8. The highest BCUT2D eigenvalue weighted by Gasteiger charge is 2.21. The first-order chi connectivity index (χ1) is 9.41. The van der Waals surface area contributed by atoms with E-state index in [-0.39, 0.29) is 5.09 Å². The highest BCUT2D eigenvalue weighted by molar-refractivity contribution is 7.88. The number of halogens is 1. The minimum absolute atomic E-state index is 0.0865. The van der Waals surface area contributed by atoms with Crippen molar-refractivity contribution in [3.05, 3.63) is 41.4 Å². The van der Waals surface area contributed by atoms with E-state index < -0.39 is 10.0 Å². The van der Waals surface area contributed by atoms with Crippen LogP contribution in [0.5, 0.6) is 0 Å². The Hall–Kier alpha value is -1.57. The van der Waals surface area contributed by atoms with Crippen molar-refractivity contribution in [3.63, 3.8) is 0 Å². The van der Waals surface area contributed by atoms with Crippen LogP contribution in [0.3, 0.4) is 0 Å². The number of anilines is 1. The molecule has 20 heavy (non-hydrogen) atoms. The van der Waals surface area contributed by atoms with Crippen LogP contribution in [0.2, 0.25) is 5.02 Å². The summed E-state index contributed by atoms with van der Waals surface area (Å²) >= 11 is 5.97. The Morgan fingerprint density at radius 3 is 2.75 bits per heavy atom. The quantitative estimate of drug-likeness (QED) is 0.915. The van der Waals surface area contributed by atoms with Crippen LogP contribution in [-0.2, 0) is 16.6 Å². The van der Waals surface area contributed by atoms with Gasteiger partial charge in [0.25, 0.3) is 10.0 Å². The van der Waals surface area contributed by atoms with Crippen LogP contribution in [0, 0.1) is 0 Å². The molecule has 0 amide bonds. The van der Waals surface area contributed by atoms with E-state index in [1.54, 1.807) is 24.5 Å². The number of sulfonamides is 1. The lowest BCUT2D eigenvalue weighted by Gasteiger charge is -2.08. The summed E-state index contributed by atoms with van der Waals surface area (Å²) in [7, 11) is -0.648. The van der Waals surface area contributed by atoms with Crippen LogP contribution >= 0.6 is 11.6 Å². The van der Waals surface area contributed by atoms with Gasteiger partial charge in [-0.15, -0.1) is 0 Å². The molecule has 0 bridgehead atoms. The molecule has 8 heteroatoms. The Balaban J connectivity index is 2.10. The lowest BCUT2D eigenvalue weighted by atomic mass is 10.4. The van der Waals surface area contributed by atoms with Crippen molar-refractivity contribution in [2.24, 2.45) is 0 Å². The van der Waals surface area contributed by atoms with Gasteiger partial charge in [0.2, 0.25) is 5.09 Å². The molecule has 0 saturated carbocycles. The second kappa shape index (κ2) is 5.82. The van der Waals surface area contributed by atoms with Gasteiger partial charge in [-0.2, -0.15) is 0 Å². The van der Waals surface area contributed by atoms with Crippen molar-refractivity contribution in [3.8, 4) is 0 Å². The zero-order valence-corrected chi connectivity index (χ0v) is 12.6. The van der Waals surface area contributed by atoms with E-state index >= 15 is 0 Å². The van der Waals surface area contributed by atoms with Gasteiger partial charge >= 0.3 is 0 Å². The van der Waals surface area contributed by atoms with E-state index in [2.05, 4.69) is 10.3 Å². The molecular formula is C12H14ClN3O3S. The van der Waals surface area contributed by atoms with Crippen LogP contribution in [0.4, 0.5) is 5.69 Å². The number of nitrogens with one attached hydrogen (secondary N) is 1. The highest BCUT2D eigenvalue weighted by Crippen LogP contribution is 2.21. The predicted molar refractivity (Wildman–Crippen MR) is 76.2 cm³/mol. The fourth-order valence-corrected chi connectivity index (χ4v) is 2.45. The van der Waals surface area contributed by atoms with Crippen molar-refractivity contribution < 1.29 is 12.8 Å². The summed E-state index contributed by atoms with van der Waals surface area (Å²) in [6, 6.07) is 4.69. The third kappa shape index (κ3) is 3.12. The van der Waals surface area contributed by atoms with Gasteiger partial charge < -0.3 is 9.73 Å². The SMILES string of the molecule is CN(C)S(=O)(=O)c1ccc(CNc2cnccc2Cl)o1. The number of hydrogen-bond donors (Lipinski definition) is 1. The first-order valence-electron chi connectivity index (χ1n) is 5.76. The third-order valence-electron chi connectivity index (χ3n) is 2.59. The molecule has 2 aromatic rings. The molecule has 0 spiro atoms. The molecule has 2 rings (SSSR count). The summed E-state index contributed by atoms with van der Waals surface area (Å²) in [4.78, 5) is 3.95. The third-order valence-corrected chi connectivity index (χ3v) is 4.61. The molecule has 1 N–H and O–H groups in total. The van der Waals surface area contributed by atoms with Gasteiger partial charge in [0, 0.05) is 20.3 Å². The summed E-state index contributed by atoms with van der Waals surface area (Å²) in [6.45, 7) is 0.314. The first-order valence-corrected chi connectivity index (χ1v) is 7.57. The molecule has 0 atom stereocenters. The zero-order chi connectivity index (χ0) is 14.8. The molecule has 0 unspecified atom stereocenters. The minimum atomic E-state index is -3.55. The highest BCUT2D eigenvalue weighted by atomic mass is 35.5. The molecule has 2 aromatic heterocycles. The normalized spacial score (nSPS) is 11.8. The predicted octanol–water partition coefficient (Wildman–Crippen LogP) is 2.19.